The molecule has 0 fully saturated rings. The number of hydrogen-bond acceptors (Lipinski definition) is 5. The summed E-state index contributed by atoms with van der Waals surface area (Å²) in [5.74, 6) is 0.774. The van der Waals surface area contributed by atoms with Crippen LogP contribution < -0.4 is 15.4 Å². The molecule has 3 aromatic rings. The lowest BCUT2D eigenvalue weighted by molar-refractivity contribution is 0.102. The van der Waals surface area contributed by atoms with Crippen LogP contribution >= 0.6 is 0 Å². The summed E-state index contributed by atoms with van der Waals surface area (Å²) in [5, 5.41) is 5.80. The third kappa shape index (κ3) is 4.13. The molecule has 1 heterocycles. The monoisotopic (exact) mass is 352 g/mol. The molecule has 0 unspecified atom stereocenters. The number of para-hydroxylation sites is 2. The van der Waals surface area contributed by atoms with Crippen molar-refractivity contribution in [2.45, 2.75) is 6.92 Å². The number of rotatable bonds is 5. The molecule has 2 aromatic carbocycles. The van der Waals surface area contributed by atoms with Crippen molar-refractivity contribution in [2.24, 2.45) is 0 Å². The molecule has 0 radical (unpaired) electrons. The second kappa shape index (κ2) is 7.60. The number of aryl methyl sites for hydroxylation is 1. The summed E-state index contributed by atoms with van der Waals surface area (Å²) in [4.78, 5) is 20.9. The highest BCUT2D eigenvalue weighted by atomic mass is 19.1. The minimum absolute atomic E-state index is 0.194. The molecule has 2 N–H and O–H groups in total. The molecule has 0 saturated carbocycles. The number of methoxy groups -OCH3 is 1. The molecule has 7 heteroatoms. The van der Waals surface area contributed by atoms with Gasteiger partial charge in [0.1, 0.15) is 28.9 Å². The quantitative estimate of drug-likeness (QED) is 0.728. The van der Waals surface area contributed by atoms with Gasteiger partial charge in [0.25, 0.3) is 5.91 Å². The first-order valence-corrected chi connectivity index (χ1v) is 7.88. The molecule has 0 saturated heterocycles. The van der Waals surface area contributed by atoms with Crippen LogP contribution in [0.4, 0.5) is 21.6 Å². The van der Waals surface area contributed by atoms with E-state index in [2.05, 4.69) is 20.6 Å². The number of anilines is 3. The first kappa shape index (κ1) is 17.3. The van der Waals surface area contributed by atoms with Gasteiger partial charge in [-0.2, -0.15) is 0 Å². The molecule has 0 aliphatic rings. The van der Waals surface area contributed by atoms with Crippen molar-refractivity contribution in [3.63, 3.8) is 0 Å². The second-order valence-corrected chi connectivity index (χ2v) is 5.47. The molecular formula is C19H17FN4O2. The van der Waals surface area contributed by atoms with E-state index in [1.165, 1.54) is 30.3 Å². The van der Waals surface area contributed by atoms with E-state index in [0.29, 0.717) is 23.1 Å². The Morgan fingerprint density at radius 3 is 2.54 bits per heavy atom. The summed E-state index contributed by atoms with van der Waals surface area (Å²) < 4.78 is 18.3. The molecule has 1 aromatic heterocycles. The molecule has 0 spiro atoms. The van der Waals surface area contributed by atoms with E-state index in [9.17, 15) is 9.18 Å². The summed E-state index contributed by atoms with van der Waals surface area (Å²) >= 11 is 0. The van der Waals surface area contributed by atoms with Gasteiger partial charge in [0.15, 0.2) is 0 Å². The molecule has 0 aliphatic heterocycles. The van der Waals surface area contributed by atoms with Crippen molar-refractivity contribution < 1.29 is 13.9 Å². The third-order valence-corrected chi connectivity index (χ3v) is 3.54. The van der Waals surface area contributed by atoms with Crippen LogP contribution in [0.5, 0.6) is 5.75 Å². The molecular weight excluding hydrogens is 335 g/mol. The number of aromatic nitrogens is 2. The van der Waals surface area contributed by atoms with E-state index in [4.69, 9.17) is 4.74 Å². The average Bonchev–Trinajstić information content (AvgIpc) is 2.63. The number of hydrogen-bond donors (Lipinski definition) is 2. The van der Waals surface area contributed by atoms with Crippen molar-refractivity contribution in [1.29, 1.82) is 0 Å². The van der Waals surface area contributed by atoms with Gasteiger partial charge in [-0.15, -0.1) is 0 Å². The normalized spacial score (nSPS) is 10.3. The Morgan fingerprint density at radius 2 is 1.81 bits per heavy atom. The highest BCUT2D eigenvalue weighted by Gasteiger charge is 2.12. The Bertz CT molecular complexity index is 929. The van der Waals surface area contributed by atoms with Gasteiger partial charge in [-0.05, 0) is 43.3 Å². The van der Waals surface area contributed by atoms with Gasteiger partial charge in [-0.1, -0.05) is 12.1 Å². The maximum absolute atomic E-state index is 13.0. The predicted molar refractivity (Wildman–Crippen MR) is 97.4 cm³/mol. The molecule has 6 nitrogen and oxygen atoms in total. The summed E-state index contributed by atoms with van der Waals surface area (Å²) in [6, 6.07) is 14.4. The topological polar surface area (TPSA) is 76.1 Å². The summed E-state index contributed by atoms with van der Waals surface area (Å²) in [5.41, 5.74) is 1.39. The average molecular weight is 352 g/mol. The molecule has 26 heavy (non-hydrogen) atoms. The van der Waals surface area contributed by atoms with Gasteiger partial charge < -0.3 is 15.4 Å². The van der Waals surface area contributed by atoms with Gasteiger partial charge in [0, 0.05) is 11.8 Å². The van der Waals surface area contributed by atoms with Gasteiger partial charge in [0.2, 0.25) is 0 Å². The second-order valence-electron chi connectivity index (χ2n) is 5.47. The van der Waals surface area contributed by atoms with Gasteiger partial charge in [0.05, 0.1) is 12.8 Å². The van der Waals surface area contributed by atoms with Crippen LogP contribution in [0.2, 0.25) is 0 Å². The van der Waals surface area contributed by atoms with Gasteiger partial charge in [-0.3, -0.25) is 4.79 Å². The van der Waals surface area contributed by atoms with Crippen LogP contribution in [0.3, 0.4) is 0 Å². The van der Waals surface area contributed by atoms with Crippen molar-refractivity contribution in [3.8, 4) is 5.75 Å². The van der Waals surface area contributed by atoms with Crippen molar-refractivity contribution in [1.82, 2.24) is 9.97 Å². The van der Waals surface area contributed by atoms with E-state index >= 15 is 0 Å². The number of amides is 1. The van der Waals surface area contributed by atoms with E-state index in [-0.39, 0.29) is 11.5 Å². The lowest BCUT2D eigenvalue weighted by Gasteiger charge is -2.12. The highest BCUT2D eigenvalue weighted by molar-refractivity contribution is 6.03. The minimum Gasteiger partial charge on any atom is -0.495 e. The van der Waals surface area contributed by atoms with Gasteiger partial charge >= 0.3 is 0 Å². The van der Waals surface area contributed by atoms with Crippen LogP contribution in [0.1, 0.15) is 16.3 Å². The van der Waals surface area contributed by atoms with Gasteiger partial charge in [-0.25, -0.2) is 14.4 Å². The Morgan fingerprint density at radius 1 is 1.08 bits per heavy atom. The lowest BCUT2D eigenvalue weighted by atomic mass is 10.2. The van der Waals surface area contributed by atoms with Crippen molar-refractivity contribution >= 4 is 23.1 Å². The van der Waals surface area contributed by atoms with E-state index in [1.54, 1.807) is 14.0 Å². The van der Waals surface area contributed by atoms with E-state index in [1.807, 2.05) is 24.3 Å². The summed E-state index contributed by atoms with van der Waals surface area (Å²) in [6.07, 6.45) is 0. The Labute approximate surface area is 150 Å². The summed E-state index contributed by atoms with van der Waals surface area (Å²) in [6.45, 7) is 1.70. The van der Waals surface area contributed by atoms with Crippen LogP contribution in [-0.4, -0.2) is 23.0 Å². The van der Waals surface area contributed by atoms with E-state index < -0.39 is 5.91 Å². The number of carbonyl (C=O) groups excluding carboxylic acids is 1. The third-order valence-electron chi connectivity index (χ3n) is 3.54. The first-order valence-electron chi connectivity index (χ1n) is 7.88. The zero-order valence-corrected chi connectivity index (χ0v) is 14.3. The molecule has 132 valence electrons. The Kier molecular flexibility index (Phi) is 5.07. The fourth-order valence-electron chi connectivity index (χ4n) is 2.36. The smallest absolute Gasteiger partial charge is 0.274 e. The molecule has 0 atom stereocenters. The summed E-state index contributed by atoms with van der Waals surface area (Å²) in [7, 11) is 1.58. The van der Waals surface area contributed by atoms with Crippen LogP contribution in [0.15, 0.2) is 54.6 Å². The number of carbonyl (C=O) groups is 1. The minimum atomic E-state index is -0.412. The molecule has 0 bridgehead atoms. The zero-order valence-electron chi connectivity index (χ0n) is 14.3. The SMILES string of the molecule is COc1ccccc1Nc1cc(C(=O)Nc2ccc(F)cc2)nc(C)n1. The number of ether oxygens (including phenoxy) is 1. The fourth-order valence-corrected chi connectivity index (χ4v) is 2.36. The number of nitrogens with one attached hydrogen (secondary N) is 2. The maximum atomic E-state index is 13.0. The van der Waals surface area contributed by atoms with E-state index in [0.717, 1.165) is 5.69 Å². The number of halogens is 1. The number of nitrogens with zero attached hydrogens (tertiary/aromatic N) is 2. The predicted octanol–water partition coefficient (Wildman–Crippen LogP) is 3.93. The first-order chi connectivity index (χ1) is 12.5. The largest absolute Gasteiger partial charge is 0.495 e. The molecule has 0 aliphatic carbocycles. The van der Waals surface area contributed by atoms with Crippen molar-refractivity contribution in [2.75, 3.05) is 17.7 Å². The lowest BCUT2D eigenvalue weighted by Crippen LogP contribution is -2.15. The Balaban J connectivity index is 1.82. The van der Waals surface area contributed by atoms with Crippen LogP contribution in [-0.2, 0) is 0 Å². The highest BCUT2D eigenvalue weighted by Crippen LogP contribution is 2.26. The fraction of sp³-hybridized carbons (Fsp3) is 0.105. The van der Waals surface area contributed by atoms with Crippen LogP contribution in [0, 0.1) is 12.7 Å². The number of benzene rings is 2. The maximum Gasteiger partial charge on any atom is 0.274 e. The molecule has 3 rings (SSSR count). The van der Waals surface area contributed by atoms with Crippen LogP contribution in [0.25, 0.3) is 0 Å². The van der Waals surface area contributed by atoms with Crippen molar-refractivity contribution in [3.05, 3.63) is 71.9 Å². The standard InChI is InChI=1S/C19H17FN4O2/c1-12-21-16(19(25)23-14-9-7-13(20)8-10-14)11-18(22-12)24-15-5-3-4-6-17(15)26-2/h3-11H,1-2H3,(H,23,25)(H,21,22,24). The molecule has 1 amide bonds. The zero-order chi connectivity index (χ0) is 18.5. The Hall–Kier alpha value is -3.48.